The third-order valence-corrected chi connectivity index (χ3v) is 5.26. The van der Waals surface area contributed by atoms with E-state index in [1.165, 1.54) is 19.4 Å². The average Bonchev–Trinajstić information content (AvgIpc) is 2.47. The monoisotopic (exact) mass is 316 g/mol. The Balaban J connectivity index is 2.13. The van der Waals surface area contributed by atoms with E-state index >= 15 is 0 Å². The molecule has 1 aliphatic heterocycles. The van der Waals surface area contributed by atoms with Crippen molar-refractivity contribution >= 4 is 16.0 Å². The fraction of sp³-hybridized carbons (Fsp3) is 0.667. The summed E-state index contributed by atoms with van der Waals surface area (Å²) in [6, 6.07) is 0. The van der Waals surface area contributed by atoms with Gasteiger partial charge in [0.15, 0.2) is 0 Å². The highest BCUT2D eigenvalue weighted by Crippen LogP contribution is 2.24. The van der Waals surface area contributed by atoms with Gasteiger partial charge in [0.05, 0.1) is 18.0 Å². The number of hydrogen-bond acceptors (Lipinski definition) is 7. The van der Waals surface area contributed by atoms with Crippen molar-refractivity contribution in [3.05, 3.63) is 12.4 Å². The molecule has 1 fully saturated rings. The van der Waals surface area contributed by atoms with Gasteiger partial charge in [-0.25, -0.2) is 18.4 Å². The normalized spacial score (nSPS) is 18.7. The first-order valence-electron chi connectivity index (χ1n) is 6.64. The Morgan fingerprint density at radius 2 is 1.95 bits per heavy atom. The molecule has 0 aliphatic carbocycles. The molecule has 0 unspecified atom stereocenters. The standard InChI is InChI=1S/C12H20N4O4S/c1-13-11-14-7-10(8-15-11)21(18,19)16(2)9-12(17)3-5-20-6-4-12/h7-8,17H,3-6,9H2,1-2H3,(H,13,14,15). The maximum Gasteiger partial charge on any atom is 0.245 e. The number of rotatable bonds is 5. The first-order valence-corrected chi connectivity index (χ1v) is 8.08. The molecule has 0 amide bonds. The fourth-order valence-corrected chi connectivity index (χ4v) is 3.31. The van der Waals surface area contributed by atoms with Crippen LogP contribution < -0.4 is 5.32 Å². The van der Waals surface area contributed by atoms with Gasteiger partial charge in [-0.05, 0) is 0 Å². The number of hydrogen-bond donors (Lipinski definition) is 2. The Morgan fingerprint density at radius 3 is 2.48 bits per heavy atom. The van der Waals surface area contributed by atoms with Gasteiger partial charge in [0.25, 0.3) is 0 Å². The predicted molar refractivity (Wildman–Crippen MR) is 76.4 cm³/mol. The molecule has 2 heterocycles. The zero-order valence-corrected chi connectivity index (χ0v) is 12.9. The van der Waals surface area contributed by atoms with Gasteiger partial charge in [-0.15, -0.1) is 0 Å². The molecule has 0 saturated carbocycles. The highest BCUT2D eigenvalue weighted by molar-refractivity contribution is 7.89. The van der Waals surface area contributed by atoms with Crippen LogP contribution in [0.5, 0.6) is 0 Å². The number of aromatic nitrogens is 2. The number of ether oxygens (including phenoxy) is 1. The van der Waals surface area contributed by atoms with Gasteiger partial charge in [0.1, 0.15) is 4.90 Å². The molecule has 1 aromatic rings. The summed E-state index contributed by atoms with van der Waals surface area (Å²) in [5, 5.41) is 13.1. The van der Waals surface area contributed by atoms with Crippen molar-refractivity contribution in [1.29, 1.82) is 0 Å². The van der Waals surface area contributed by atoms with E-state index < -0.39 is 15.6 Å². The van der Waals surface area contributed by atoms with E-state index in [0.29, 0.717) is 32.0 Å². The van der Waals surface area contributed by atoms with E-state index in [0.717, 1.165) is 4.31 Å². The van der Waals surface area contributed by atoms with Crippen LogP contribution in [0.4, 0.5) is 5.95 Å². The maximum atomic E-state index is 12.4. The van der Waals surface area contributed by atoms with Crippen LogP contribution >= 0.6 is 0 Å². The summed E-state index contributed by atoms with van der Waals surface area (Å²) in [4.78, 5) is 7.80. The molecule has 118 valence electrons. The lowest BCUT2D eigenvalue weighted by atomic mass is 9.95. The van der Waals surface area contributed by atoms with Crippen molar-refractivity contribution < 1.29 is 18.3 Å². The molecule has 1 saturated heterocycles. The van der Waals surface area contributed by atoms with Crippen molar-refractivity contribution in [2.75, 3.05) is 39.2 Å². The summed E-state index contributed by atoms with van der Waals surface area (Å²) in [7, 11) is -0.633. The predicted octanol–water partition coefficient (Wildman–Crippen LogP) is -0.320. The molecule has 9 heteroatoms. The number of nitrogens with zero attached hydrogens (tertiary/aromatic N) is 3. The van der Waals surface area contributed by atoms with Crippen molar-refractivity contribution in [2.45, 2.75) is 23.3 Å². The molecular formula is C12H20N4O4S. The van der Waals surface area contributed by atoms with Crippen LogP contribution in [0.2, 0.25) is 0 Å². The fourth-order valence-electron chi connectivity index (χ4n) is 2.17. The number of aliphatic hydroxyl groups is 1. The third kappa shape index (κ3) is 3.67. The summed E-state index contributed by atoms with van der Waals surface area (Å²) >= 11 is 0. The van der Waals surface area contributed by atoms with Gasteiger partial charge in [0.2, 0.25) is 16.0 Å². The van der Waals surface area contributed by atoms with Crippen LogP contribution in [0.3, 0.4) is 0 Å². The van der Waals surface area contributed by atoms with Crippen LogP contribution in [0.1, 0.15) is 12.8 Å². The van der Waals surface area contributed by atoms with Gasteiger partial charge in [0, 0.05) is 46.7 Å². The number of likely N-dealkylation sites (N-methyl/N-ethyl adjacent to an activating group) is 1. The lowest BCUT2D eigenvalue weighted by molar-refractivity contribution is -0.0689. The Kier molecular flexibility index (Phi) is 4.77. The molecule has 2 N–H and O–H groups in total. The second kappa shape index (κ2) is 6.22. The second-order valence-electron chi connectivity index (χ2n) is 5.09. The highest BCUT2D eigenvalue weighted by atomic mass is 32.2. The number of anilines is 1. The number of sulfonamides is 1. The van der Waals surface area contributed by atoms with E-state index in [1.54, 1.807) is 7.05 Å². The van der Waals surface area contributed by atoms with Crippen molar-refractivity contribution in [3.63, 3.8) is 0 Å². The summed E-state index contributed by atoms with van der Waals surface area (Å²) in [5.74, 6) is 0.347. The quantitative estimate of drug-likeness (QED) is 0.767. The van der Waals surface area contributed by atoms with Crippen molar-refractivity contribution in [3.8, 4) is 0 Å². The van der Waals surface area contributed by atoms with E-state index in [-0.39, 0.29) is 11.4 Å². The summed E-state index contributed by atoms with van der Waals surface area (Å²) < 4.78 is 31.2. The van der Waals surface area contributed by atoms with E-state index in [2.05, 4.69) is 15.3 Å². The second-order valence-corrected chi connectivity index (χ2v) is 7.14. The highest BCUT2D eigenvalue weighted by Gasteiger charge is 2.35. The minimum Gasteiger partial charge on any atom is -0.388 e. The maximum absolute atomic E-state index is 12.4. The van der Waals surface area contributed by atoms with E-state index in [1.807, 2.05) is 0 Å². The molecule has 1 aromatic heterocycles. The summed E-state index contributed by atoms with van der Waals surface area (Å²) in [5.41, 5.74) is -1.05. The minimum atomic E-state index is -3.72. The molecule has 1 aliphatic rings. The van der Waals surface area contributed by atoms with E-state index in [4.69, 9.17) is 4.74 Å². The molecule has 0 atom stereocenters. The first kappa shape index (κ1) is 16.1. The van der Waals surface area contributed by atoms with Crippen LogP contribution in [0.25, 0.3) is 0 Å². The van der Waals surface area contributed by atoms with Crippen molar-refractivity contribution in [2.24, 2.45) is 0 Å². The Bertz CT molecular complexity index is 569. The molecule has 0 spiro atoms. The minimum absolute atomic E-state index is 0.000315. The SMILES string of the molecule is CNc1ncc(S(=O)(=O)N(C)CC2(O)CCOCC2)cn1. The topological polar surface area (TPSA) is 105 Å². The largest absolute Gasteiger partial charge is 0.388 e. The van der Waals surface area contributed by atoms with Crippen LogP contribution in [0.15, 0.2) is 17.3 Å². The lowest BCUT2D eigenvalue weighted by Gasteiger charge is -2.34. The lowest BCUT2D eigenvalue weighted by Crippen LogP contribution is -2.47. The molecular weight excluding hydrogens is 296 g/mol. The summed E-state index contributed by atoms with van der Waals surface area (Å²) in [6.45, 7) is 0.890. The van der Waals surface area contributed by atoms with Gasteiger partial charge in [-0.1, -0.05) is 0 Å². The Hall–Kier alpha value is -1.29. The zero-order chi connectivity index (χ0) is 15.5. The zero-order valence-electron chi connectivity index (χ0n) is 12.1. The smallest absolute Gasteiger partial charge is 0.245 e. The Morgan fingerprint density at radius 1 is 1.38 bits per heavy atom. The Labute approximate surface area is 124 Å². The molecule has 0 aromatic carbocycles. The van der Waals surface area contributed by atoms with E-state index in [9.17, 15) is 13.5 Å². The van der Waals surface area contributed by atoms with Gasteiger partial charge in [-0.2, -0.15) is 4.31 Å². The molecule has 0 bridgehead atoms. The molecule has 2 rings (SSSR count). The molecule has 21 heavy (non-hydrogen) atoms. The van der Waals surface area contributed by atoms with Crippen LogP contribution in [-0.4, -0.2) is 67.3 Å². The molecule has 0 radical (unpaired) electrons. The third-order valence-electron chi connectivity index (χ3n) is 3.50. The van der Waals surface area contributed by atoms with Gasteiger partial charge in [-0.3, -0.25) is 0 Å². The van der Waals surface area contributed by atoms with Crippen LogP contribution in [-0.2, 0) is 14.8 Å². The van der Waals surface area contributed by atoms with Crippen molar-refractivity contribution in [1.82, 2.24) is 14.3 Å². The van der Waals surface area contributed by atoms with Gasteiger partial charge >= 0.3 is 0 Å². The number of nitrogens with one attached hydrogen (secondary N) is 1. The van der Waals surface area contributed by atoms with Gasteiger partial charge < -0.3 is 15.2 Å². The average molecular weight is 316 g/mol. The first-order chi connectivity index (χ1) is 9.87. The summed E-state index contributed by atoms with van der Waals surface area (Å²) in [6.07, 6.45) is 3.33. The van der Waals surface area contributed by atoms with Crippen LogP contribution in [0, 0.1) is 0 Å². The molecule has 8 nitrogen and oxygen atoms in total.